The number of thioether (sulfide) groups is 1. The molecule has 0 aliphatic heterocycles. The molecule has 1 aromatic heterocycles. The molecule has 0 aliphatic rings. The second-order valence-corrected chi connectivity index (χ2v) is 7.49. The van der Waals surface area contributed by atoms with E-state index in [0.29, 0.717) is 5.56 Å². The lowest BCUT2D eigenvalue weighted by molar-refractivity contribution is 0.0601. The van der Waals surface area contributed by atoms with E-state index in [2.05, 4.69) is 34.2 Å². The van der Waals surface area contributed by atoms with Gasteiger partial charge in [-0.15, -0.1) is 5.10 Å². The highest BCUT2D eigenvalue weighted by atomic mass is 32.2. The number of rotatable bonds is 9. The Hall–Kier alpha value is -2.60. The van der Waals surface area contributed by atoms with E-state index in [1.807, 2.05) is 30.3 Å². The summed E-state index contributed by atoms with van der Waals surface area (Å²) in [7, 11) is 1.40. The van der Waals surface area contributed by atoms with Gasteiger partial charge in [-0.05, 0) is 29.2 Å². The second kappa shape index (κ2) is 10.1. The number of benzene rings is 2. The topological polar surface area (TPSA) is 67.9 Å². The fourth-order valence-corrected chi connectivity index (χ4v) is 3.72. The van der Waals surface area contributed by atoms with Crippen LogP contribution < -0.4 is 0 Å². The zero-order chi connectivity index (χ0) is 19.8. The molecule has 3 aromatic rings. The summed E-state index contributed by atoms with van der Waals surface area (Å²) < 4.78 is 4.88. The van der Waals surface area contributed by atoms with Gasteiger partial charge in [-0.1, -0.05) is 74.0 Å². The smallest absolute Gasteiger partial charge is 0.338 e. The zero-order valence-electron chi connectivity index (χ0n) is 16.3. The van der Waals surface area contributed by atoms with Crippen LogP contribution >= 0.6 is 11.8 Å². The molecule has 0 bridgehead atoms. The predicted molar refractivity (Wildman–Crippen MR) is 112 cm³/mol. The van der Waals surface area contributed by atoms with Gasteiger partial charge < -0.3 is 4.74 Å². The average Bonchev–Trinajstić information content (AvgIpc) is 3.20. The van der Waals surface area contributed by atoms with Crippen molar-refractivity contribution in [1.82, 2.24) is 15.2 Å². The van der Waals surface area contributed by atoms with Gasteiger partial charge in [0, 0.05) is 12.2 Å². The van der Waals surface area contributed by atoms with Gasteiger partial charge in [0.25, 0.3) is 0 Å². The molecule has 0 spiro atoms. The number of nitrogens with one attached hydrogen (secondary N) is 1. The van der Waals surface area contributed by atoms with Crippen LogP contribution in [0.4, 0.5) is 0 Å². The predicted octanol–water partition coefficient (Wildman–Crippen LogP) is 5.28. The molecule has 5 nitrogen and oxygen atoms in total. The standard InChI is InChI=1S/C22H25N3O2S/c1-3-4-5-10-20-23-22(25-24-20)28-15-16-11-13-17(14-12-16)18-8-6-7-9-19(18)21(26)27-2/h6-9,11-14H,3-5,10,15H2,1-2H3,(H,23,24,25). The Morgan fingerprint density at radius 2 is 1.89 bits per heavy atom. The van der Waals surface area contributed by atoms with Crippen molar-refractivity contribution in [2.75, 3.05) is 7.11 Å². The van der Waals surface area contributed by atoms with Crippen molar-refractivity contribution in [1.29, 1.82) is 0 Å². The minimum Gasteiger partial charge on any atom is -0.465 e. The van der Waals surface area contributed by atoms with E-state index in [0.717, 1.165) is 40.7 Å². The quantitative estimate of drug-likeness (QED) is 0.303. The molecule has 0 atom stereocenters. The van der Waals surface area contributed by atoms with E-state index in [9.17, 15) is 4.79 Å². The molecule has 0 radical (unpaired) electrons. The van der Waals surface area contributed by atoms with Gasteiger partial charge >= 0.3 is 5.97 Å². The van der Waals surface area contributed by atoms with E-state index in [-0.39, 0.29) is 5.97 Å². The van der Waals surface area contributed by atoms with Crippen molar-refractivity contribution >= 4 is 17.7 Å². The summed E-state index contributed by atoms with van der Waals surface area (Å²) in [6.07, 6.45) is 4.52. The van der Waals surface area contributed by atoms with Crippen molar-refractivity contribution in [3.63, 3.8) is 0 Å². The maximum atomic E-state index is 12.0. The Morgan fingerprint density at radius 1 is 1.11 bits per heavy atom. The van der Waals surface area contributed by atoms with Crippen LogP contribution in [0.25, 0.3) is 11.1 Å². The third-order valence-corrected chi connectivity index (χ3v) is 5.41. The number of carbonyl (C=O) groups excluding carboxylic acids is 1. The molecule has 2 aromatic carbocycles. The third kappa shape index (κ3) is 5.23. The summed E-state index contributed by atoms with van der Waals surface area (Å²) in [4.78, 5) is 16.5. The SMILES string of the molecule is CCCCCc1nc(SCc2ccc(-c3ccccc3C(=O)OC)cc2)n[nH]1. The number of aryl methyl sites for hydroxylation is 1. The first kappa shape index (κ1) is 20.1. The van der Waals surface area contributed by atoms with E-state index in [1.165, 1.54) is 25.5 Å². The van der Waals surface area contributed by atoms with E-state index < -0.39 is 0 Å². The van der Waals surface area contributed by atoms with Gasteiger partial charge in [-0.2, -0.15) is 0 Å². The summed E-state index contributed by atoms with van der Waals surface area (Å²) in [5.41, 5.74) is 3.62. The normalized spacial score (nSPS) is 10.8. The van der Waals surface area contributed by atoms with Crippen molar-refractivity contribution in [2.45, 2.75) is 43.5 Å². The minimum absolute atomic E-state index is 0.324. The van der Waals surface area contributed by atoms with E-state index >= 15 is 0 Å². The molecule has 0 fully saturated rings. The van der Waals surface area contributed by atoms with Crippen LogP contribution in [0.5, 0.6) is 0 Å². The average molecular weight is 396 g/mol. The molecule has 6 heteroatoms. The molecule has 3 rings (SSSR count). The summed E-state index contributed by atoms with van der Waals surface area (Å²) in [6, 6.07) is 15.7. The number of ether oxygens (including phenoxy) is 1. The molecule has 1 N–H and O–H groups in total. The zero-order valence-corrected chi connectivity index (χ0v) is 17.1. The van der Waals surface area contributed by atoms with E-state index in [1.54, 1.807) is 17.8 Å². The lowest BCUT2D eigenvalue weighted by Crippen LogP contribution is -2.03. The maximum Gasteiger partial charge on any atom is 0.338 e. The fourth-order valence-electron chi connectivity index (χ4n) is 2.95. The highest BCUT2D eigenvalue weighted by Gasteiger charge is 2.12. The van der Waals surface area contributed by atoms with Crippen molar-refractivity contribution in [3.05, 3.63) is 65.5 Å². The van der Waals surface area contributed by atoms with Crippen LogP contribution in [0.2, 0.25) is 0 Å². The number of methoxy groups -OCH3 is 1. The van der Waals surface area contributed by atoms with Gasteiger partial charge in [0.15, 0.2) is 0 Å². The molecule has 146 valence electrons. The maximum absolute atomic E-state index is 12.0. The first-order valence-electron chi connectivity index (χ1n) is 9.52. The number of aromatic amines is 1. The third-order valence-electron chi connectivity index (χ3n) is 4.49. The lowest BCUT2D eigenvalue weighted by atomic mass is 9.99. The van der Waals surface area contributed by atoms with E-state index in [4.69, 9.17) is 4.74 Å². The molecule has 1 heterocycles. The number of hydrogen-bond acceptors (Lipinski definition) is 5. The Labute approximate surface area is 169 Å². The van der Waals surface area contributed by atoms with Crippen LogP contribution in [-0.2, 0) is 16.9 Å². The number of carbonyl (C=O) groups is 1. The Balaban J connectivity index is 1.62. The summed E-state index contributed by atoms with van der Waals surface area (Å²) in [5, 5.41) is 8.10. The van der Waals surface area contributed by atoms with Crippen LogP contribution in [0.1, 0.15) is 47.9 Å². The van der Waals surface area contributed by atoms with Crippen molar-refractivity contribution < 1.29 is 9.53 Å². The molecular weight excluding hydrogens is 370 g/mol. The number of aromatic nitrogens is 3. The Kier molecular flexibility index (Phi) is 7.25. The first-order valence-corrected chi connectivity index (χ1v) is 10.5. The summed E-state index contributed by atoms with van der Waals surface area (Å²) >= 11 is 1.62. The number of hydrogen-bond donors (Lipinski definition) is 1. The molecule has 0 saturated carbocycles. The second-order valence-electron chi connectivity index (χ2n) is 6.54. The molecule has 0 amide bonds. The highest BCUT2D eigenvalue weighted by molar-refractivity contribution is 7.98. The Bertz CT molecular complexity index is 906. The van der Waals surface area contributed by atoms with Crippen molar-refractivity contribution in [2.24, 2.45) is 0 Å². The number of unbranched alkanes of at least 4 members (excludes halogenated alkanes) is 2. The Morgan fingerprint density at radius 3 is 2.64 bits per heavy atom. The number of nitrogens with zero attached hydrogens (tertiary/aromatic N) is 2. The molecule has 0 aliphatic carbocycles. The number of H-pyrrole nitrogens is 1. The van der Waals surface area contributed by atoms with Crippen LogP contribution in [0.15, 0.2) is 53.7 Å². The fraction of sp³-hybridized carbons (Fsp3) is 0.318. The molecule has 28 heavy (non-hydrogen) atoms. The number of esters is 1. The summed E-state index contributed by atoms with van der Waals surface area (Å²) in [6.45, 7) is 2.20. The van der Waals surface area contributed by atoms with Gasteiger partial charge in [0.05, 0.1) is 12.7 Å². The molecule has 0 saturated heterocycles. The molecule has 0 unspecified atom stereocenters. The highest BCUT2D eigenvalue weighted by Crippen LogP contribution is 2.26. The van der Waals surface area contributed by atoms with Crippen LogP contribution in [-0.4, -0.2) is 28.3 Å². The first-order chi connectivity index (χ1) is 13.7. The van der Waals surface area contributed by atoms with Crippen LogP contribution in [0, 0.1) is 0 Å². The van der Waals surface area contributed by atoms with Crippen molar-refractivity contribution in [3.8, 4) is 11.1 Å². The van der Waals surface area contributed by atoms with Gasteiger partial charge in [-0.3, -0.25) is 5.10 Å². The van der Waals surface area contributed by atoms with Gasteiger partial charge in [-0.25, -0.2) is 9.78 Å². The lowest BCUT2D eigenvalue weighted by Gasteiger charge is -2.08. The largest absolute Gasteiger partial charge is 0.465 e. The monoisotopic (exact) mass is 395 g/mol. The van der Waals surface area contributed by atoms with Gasteiger partial charge in [0.1, 0.15) is 5.82 Å². The molecular formula is C22H25N3O2S. The summed E-state index contributed by atoms with van der Waals surface area (Å²) in [5.74, 6) is 1.44. The minimum atomic E-state index is -0.324. The van der Waals surface area contributed by atoms with Gasteiger partial charge in [0.2, 0.25) is 5.16 Å². The van der Waals surface area contributed by atoms with Crippen LogP contribution in [0.3, 0.4) is 0 Å².